The Hall–Kier alpha value is -3.52. The van der Waals surface area contributed by atoms with E-state index in [-0.39, 0.29) is 25.2 Å². The van der Waals surface area contributed by atoms with Crippen molar-refractivity contribution in [3.63, 3.8) is 0 Å². The number of hydrogen-bond donors (Lipinski definition) is 0. The molecule has 0 amide bonds. The van der Waals surface area contributed by atoms with E-state index in [1.807, 2.05) is 37.3 Å². The minimum Gasteiger partial charge on any atom is -0.457 e. The Kier molecular flexibility index (Phi) is 5.69. The maximum absolute atomic E-state index is 13.5. The molecule has 0 saturated carbocycles. The molecule has 4 heterocycles. The molecule has 8 heteroatoms. The molecule has 0 fully saturated rings. The second kappa shape index (κ2) is 8.68. The van der Waals surface area contributed by atoms with Gasteiger partial charge >= 0.3 is 11.9 Å². The van der Waals surface area contributed by atoms with Gasteiger partial charge in [-0.05, 0) is 31.0 Å². The van der Waals surface area contributed by atoms with Gasteiger partial charge in [0.25, 0.3) is 5.56 Å². The number of fused-ring (bicyclic) bond motifs is 5. The number of ether oxygens (including phenoxy) is 3. The summed E-state index contributed by atoms with van der Waals surface area (Å²) in [6, 6.07) is 11.6. The third-order valence-corrected chi connectivity index (χ3v) is 6.53. The number of para-hydroxylation sites is 1. The predicted octanol–water partition coefficient (Wildman–Crippen LogP) is 3.45. The quantitative estimate of drug-likeness (QED) is 0.307. The van der Waals surface area contributed by atoms with Crippen molar-refractivity contribution in [2.75, 3.05) is 13.2 Å². The maximum Gasteiger partial charge on any atom is 0.355 e. The number of benzene rings is 1. The number of unbranched alkanes of at least 4 members (excludes halogenated alkanes) is 1. The first-order chi connectivity index (χ1) is 16.5. The van der Waals surface area contributed by atoms with Gasteiger partial charge in [0.15, 0.2) is 0 Å². The number of carbonyl (C=O) groups is 2. The highest BCUT2D eigenvalue weighted by atomic mass is 16.6. The molecular formula is C26H26N2O6. The van der Waals surface area contributed by atoms with Crippen LogP contribution in [0.25, 0.3) is 22.3 Å². The smallest absolute Gasteiger partial charge is 0.355 e. The zero-order valence-corrected chi connectivity index (χ0v) is 19.3. The van der Waals surface area contributed by atoms with Gasteiger partial charge in [0.05, 0.1) is 29.0 Å². The van der Waals surface area contributed by atoms with Gasteiger partial charge in [0.1, 0.15) is 13.2 Å². The first-order valence-electron chi connectivity index (χ1n) is 11.6. The average molecular weight is 463 g/mol. The van der Waals surface area contributed by atoms with Gasteiger partial charge in [-0.15, -0.1) is 0 Å². The van der Waals surface area contributed by atoms with Crippen LogP contribution in [-0.4, -0.2) is 34.7 Å². The highest BCUT2D eigenvalue weighted by Gasteiger charge is 2.50. The van der Waals surface area contributed by atoms with Crippen LogP contribution in [0.3, 0.4) is 0 Å². The average Bonchev–Trinajstić information content (AvgIpc) is 3.20. The van der Waals surface area contributed by atoms with Gasteiger partial charge < -0.3 is 18.8 Å². The molecule has 0 radical (unpaired) electrons. The van der Waals surface area contributed by atoms with Crippen LogP contribution in [0.2, 0.25) is 0 Å². The standard InChI is InChI=1S/C26H26N2O6/c1-3-5-10-32-15-22(29)34-26(4-2)19-12-21-23-17(11-16-8-6-7-9-20(16)27-23)13-28(21)24(30)18(19)14-33-25(26)31/h6-9,11-12H,3-5,10,13-15H2,1-2H3. The minimum atomic E-state index is -1.70. The molecule has 2 aromatic heterocycles. The summed E-state index contributed by atoms with van der Waals surface area (Å²) >= 11 is 0. The third-order valence-electron chi connectivity index (χ3n) is 6.53. The normalized spacial score (nSPS) is 18.2. The van der Waals surface area contributed by atoms with E-state index in [1.54, 1.807) is 17.6 Å². The molecule has 0 N–H and O–H groups in total. The highest BCUT2D eigenvalue weighted by Crippen LogP contribution is 2.40. The lowest BCUT2D eigenvalue weighted by Gasteiger charge is -2.35. The van der Waals surface area contributed by atoms with Crippen molar-refractivity contribution in [3.8, 4) is 11.4 Å². The van der Waals surface area contributed by atoms with Crippen LogP contribution >= 0.6 is 0 Å². The largest absolute Gasteiger partial charge is 0.457 e. The third kappa shape index (κ3) is 3.49. The Morgan fingerprint density at radius 2 is 2.03 bits per heavy atom. The number of nitrogens with zero attached hydrogens (tertiary/aromatic N) is 2. The van der Waals surface area contributed by atoms with E-state index in [1.165, 1.54) is 0 Å². The van der Waals surface area contributed by atoms with Crippen molar-refractivity contribution >= 4 is 22.8 Å². The lowest BCUT2D eigenvalue weighted by molar-refractivity contribution is -0.191. The van der Waals surface area contributed by atoms with Gasteiger partial charge in [-0.25, -0.2) is 14.6 Å². The molecule has 0 spiro atoms. The number of aromatic nitrogens is 2. The molecule has 176 valence electrons. The molecule has 0 saturated heterocycles. The molecule has 0 bridgehead atoms. The van der Waals surface area contributed by atoms with Crippen LogP contribution in [0.5, 0.6) is 0 Å². The summed E-state index contributed by atoms with van der Waals surface area (Å²) in [5.74, 6) is -1.36. The van der Waals surface area contributed by atoms with E-state index >= 15 is 0 Å². The zero-order valence-electron chi connectivity index (χ0n) is 19.3. The Morgan fingerprint density at radius 3 is 2.82 bits per heavy atom. The summed E-state index contributed by atoms with van der Waals surface area (Å²) in [6.07, 6.45) is 1.88. The molecule has 2 aliphatic rings. The van der Waals surface area contributed by atoms with E-state index in [4.69, 9.17) is 19.2 Å². The molecule has 0 aliphatic carbocycles. The van der Waals surface area contributed by atoms with Crippen molar-refractivity contribution < 1.29 is 23.8 Å². The van der Waals surface area contributed by atoms with Crippen LogP contribution in [0, 0.1) is 0 Å². The van der Waals surface area contributed by atoms with Gasteiger partial charge in [0.2, 0.25) is 5.60 Å². The first-order valence-corrected chi connectivity index (χ1v) is 11.6. The topological polar surface area (TPSA) is 96.7 Å². The van der Waals surface area contributed by atoms with Gasteiger partial charge in [-0.2, -0.15) is 0 Å². The van der Waals surface area contributed by atoms with Gasteiger partial charge in [-0.1, -0.05) is 38.5 Å². The van der Waals surface area contributed by atoms with Crippen molar-refractivity contribution in [1.82, 2.24) is 9.55 Å². The molecular weight excluding hydrogens is 436 g/mol. The van der Waals surface area contributed by atoms with Crippen LogP contribution in [0.4, 0.5) is 0 Å². The molecule has 34 heavy (non-hydrogen) atoms. The first kappa shape index (κ1) is 22.3. The number of pyridine rings is 2. The summed E-state index contributed by atoms with van der Waals surface area (Å²) in [5, 5.41) is 0.991. The SMILES string of the molecule is CCCCOCC(=O)OC1(CC)C(=O)OCc2c1cc1n(c2=O)Cc2cc3ccccc3nc2-1. The van der Waals surface area contributed by atoms with Crippen LogP contribution in [-0.2, 0) is 42.6 Å². The lowest BCUT2D eigenvalue weighted by Crippen LogP contribution is -2.48. The van der Waals surface area contributed by atoms with E-state index in [0.717, 1.165) is 29.3 Å². The number of hydrogen-bond acceptors (Lipinski definition) is 7. The van der Waals surface area contributed by atoms with Crippen LogP contribution in [0.1, 0.15) is 49.8 Å². The van der Waals surface area contributed by atoms with E-state index in [9.17, 15) is 14.4 Å². The number of carbonyl (C=O) groups excluding carboxylic acids is 2. The second-order valence-electron chi connectivity index (χ2n) is 8.64. The summed E-state index contributed by atoms with van der Waals surface area (Å²) < 4.78 is 18.1. The second-order valence-corrected chi connectivity index (χ2v) is 8.64. The van der Waals surface area contributed by atoms with Gasteiger partial charge in [-0.3, -0.25) is 4.79 Å². The summed E-state index contributed by atoms with van der Waals surface area (Å²) in [7, 11) is 0. The molecule has 1 atom stereocenters. The van der Waals surface area contributed by atoms with Crippen molar-refractivity contribution in [2.24, 2.45) is 0 Å². The zero-order chi connectivity index (χ0) is 23.9. The molecule has 3 aromatic rings. The van der Waals surface area contributed by atoms with E-state index in [0.29, 0.717) is 35.7 Å². The summed E-state index contributed by atoms with van der Waals surface area (Å²) in [4.78, 5) is 43.9. The Balaban J connectivity index is 1.59. The molecule has 8 nitrogen and oxygen atoms in total. The van der Waals surface area contributed by atoms with Crippen molar-refractivity contribution in [1.29, 1.82) is 0 Å². The Morgan fingerprint density at radius 1 is 1.21 bits per heavy atom. The monoisotopic (exact) mass is 462 g/mol. The van der Waals surface area contributed by atoms with Crippen molar-refractivity contribution in [3.05, 3.63) is 63.4 Å². The molecule has 1 aromatic carbocycles. The fraction of sp³-hybridized carbons (Fsp3) is 0.385. The summed E-state index contributed by atoms with van der Waals surface area (Å²) in [6.45, 7) is 4.13. The summed E-state index contributed by atoms with van der Waals surface area (Å²) in [5.41, 5.74) is 1.76. The highest BCUT2D eigenvalue weighted by molar-refractivity contribution is 5.88. The fourth-order valence-corrected chi connectivity index (χ4v) is 4.71. The van der Waals surface area contributed by atoms with Crippen LogP contribution in [0.15, 0.2) is 41.2 Å². The molecule has 1 unspecified atom stereocenters. The number of cyclic esters (lactones) is 1. The van der Waals surface area contributed by atoms with E-state index < -0.39 is 17.5 Å². The van der Waals surface area contributed by atoms with Crippen LogP contribution < -0.4 is 5.56 Å². The number of esters is 2. The fourth-order valence-electron chi connectivity index (χ4n) is 4.71. The Bertz CT molecular complexity index is 1360. The van der Waals surface area contributed by atoms with Gasteiger partial charge in [0, 0.05) is 23.1 Å². The number of rotatable bonds is 7. The molecule has 2 aliphatic heterocycles. The lowest BCUT2D eigenvalue weighted by atomic mass is 9.85. The Labute approximate surface area is 196 Å². The molecule has 5 rings (SSSR count). The predicted molar refractivity (Wildman–Crippen MR) is 124 cm³/mol. The minimum absolute atomic E-state index is 0.125. The van der Waals surface area contributed by atoms with Crippen molar-refractivity contribution in [2.45, 2.75) is 51.9 Å². The maximum atomic E-state index is 13.5. The van der Waals surface area contributed by atoms with E-state index in [2.05, 4.69) is 0 Å².